The van der Waals surface area contributed by atoms with Crippen molar-refractivity contribution in [1.82, 2.24) is 0 Å². The van der Waals surface area contributed by atoms with Gasteiger partial charge in [-0.3, -0.25) is 10.1 Å². The number of nitro benzene ring substituents is 1. The molecule has 0 spiro atoms. The number of esters is 1. The number of nitro groups is 1. The average molecular weight is 366 g/mol. The van der Waals surface area contributed by atoms with Gasteiger partial charge < -0.3 is 9.47 Å². The van der Waals surface area contributed by atoms with Crippen molar-refractivity contribution in [3.8, 4) is 5.75 Å². The summed E-state index contributed by atoms with van der Waals surface area (Å²) in [6, 6.07) is 11.7. The molecule has 7 heteroatoms. The van der Waals surface area contributed by atoms with E-state index in [-0.39, 0.29) is 23.4 Å². The van der Waals surface area contributed by atoms with Crippen LogP contribution >= 0.6 is 0 Å². The molecule has 1 heterocycles. The molecule has 27 heavy (non-hydrogen) atoms. The monoisotopic (exact) mass is 366 g/mol. The van der Waals surface area contributed by atoms with Gasteiger partial charge in [0.2, 0.25) is 5.90 Å². The van der Waals surface area contributed by atoms with E-state index in [1.54, 1.807) is 19.1 Å². The molecule has 2 aromatic rings. The molecule has 0 N–H and O–H groups in total. The van der Waals surface area contributed by atoms with E-state index in [4.69, 9.17) is 9.47 Å². The second-order valence-electron chi connectivity index (χ2n) is 6.33. The molecule has 0 saturated carbocycles. The number of ether oxygens (including phenoxy) is 2. The first kappa shape index (κ1) is 18.3. The lowest BCUT2D eigenvalue weighted by atomic mass is 10.1. The van der Waals surface area contributed by atoms with E-state index in [2.05, 4.69) is 4.99 Å². The number of carbonyl (C=O) groups is 1. The third-order valence-electron chi connectivity index (χ3n) is 3.82. The van der Waals surface area contributed by atoms with E-state index in [0.717, 1.165) is 11.3 Å². The van der Waals surface area contributed by atoms with Crippen molar-refractivity contribution >= 4 is 23.6 Å². The highest BCUT2D eigenvalue weighted by Gasteiger charge is 2.25. The van der Waals surface area contributed by atoms with Crippen LogP contribution in [0.2, 0.25) is 0 Å². The SMILES string of the molecule is Cc1cc(C2=N/C(=C\c3ccc(OC(C)C)cc3)C(=O)O2)ccc1[N+](=O)[O-]. The van der Waals surface area contributed by atoms with E-state index < -0.39 is 10.9 Å². The minimum atomic E-state index is -0.566. The molecule has 2 aromatic carbocycles. The number of hydrogen-bond acceptors (Lipinski definition) is 6. The first-order valence-electron chi connectivity index (χ1n) is 8.38. The Kier molecular flexibility index (Phi) is 5.03. The van der Waals surface area contributed by atoms with Crippen LogP contribution in [0.15, 0.2) is 53.2 Å². The second-order valence-corrected chi connectivity index (χ2v) is 6.33. The molecule has 7 nitrogen and oxygen atoms in total. The fraction of sp³-hybridized carbons (Fsp3) is 0.200. The van der Waals surface area contributed by atoms with Crippen molar-refractivity contribution < 1.29 is 19.2 Å². The van der Waals surface area contributed by atoms with E-state index in [1.807, 2.05) is 38.1 Å². The van der Waals surface area contributed by atoms with Gasteiger partial charge in [-0.05, 0) is 56.7 Å². The lowest BCUT2D eigenvalue weighted by Gasteiger charge is -2.09. The highest BCUT2D eigenvalue weighted by molar-refractivity contribution is 6.13. The average Bonchev–Trinajstić information content (AvgIpc) is 2.96. The highest BCUT2D eigenvalue weighted by Crippen LogP contribution is 2.24. The molecule has 0 unspecified atom stereocenters. The van der Waals surface area contributed by atoms with Crippen LogP contribution in [0.3, 0.4) is 0 Å². The first-order valence-corrected chi connectivity index (χ1v) is 8.38. The molecule has 138 valence electrons. The summed E-state index contributed by atoms with van der Waals surface area (Å²) in [5.74, 6) is 0.305. The fourth-order valence-electron chi connectivity index (χ4n) is 2.60. The van der Waals surface area contributed by atoms with E-state index in [1.165, 1.54) is 12.1 Å². The first-order chi connectivity index (χ1) is 12.8. The second kappa shape index (κ2) is 7.41. The van der Waals surface area contributed by atoms with Crippen LogP contribution in [0, 0.1) is 17.0 Å². The summed E-state index contributed by atoms with van der Waals surface area (Å²) in [6.45, 7) is 5.51. The predicted octanol–water partition coefficient (Wildman–Crippen LogP) is 4.03. The third kappa shape index (κ3) is 4.20. The van der Waals surface area contributed by atoms with Gasteiger partial charge in [0.1, 0.15) is 5.75 Å². The maximum absolute atomic E-state index is 12.1. The van der Waals surface area contributed by atoms with E-state index >= 15 is 0 Å². The van der Waals surface area contributed by atoms with Crippen molar-refractivity contribution in [2.24, 2.45) is 4.99 Å². The van der Waals surface area contributed by atoms with Gasteiger partial charge in [0.05, 0.1) is 11.0 Å². The largest absolute Gasteiger partial charge is 0.491 e. The quantitative estimate of drug-likeness (QED) is 0.345. The molecule has 0 aliphatic carbocycles. The Labute approximate surface area is 156 Å². The Morgan fingerprint density at radius 3 is 2.48 bits per heavy atom. The molecule has 0 atom stereocenters. The van der Waals surface area contributed by atoms with Gasteiger partial charge in [-0.1, -0.05) is 12.1 Å². The van der Waals surface area contributed by atoms with Crippen molar-refractivity contribution in [2.45, 2.75) is 26.9 Å². The topological polar surface area (TPSA) is 91.0 Å². The maximum atomic E-state index is 12.1. The molecule has 0 bridgehead atoms. The number of hydrogen-bond donors (Lipinski definition) is 0. The van der Waals surface area contributed by atoms with E-state index in [9.17, 15) is 14.9 Å². The van der Waals surface area contributed by atoms with Crippen molar-refractivity contribution in [2.75, 3.05) is 0 Å². The number of aryl methyl sites for hydroxylation is 1. The van der Waals surface area contributed by atoms with Crippen molar-refractivity contribution in [3.63, 3.8) is 0 Å². The summed E-state index contributed by atoms with van der Waals surface area (Å²) in [5, 5.41) is 10.9. The number of nitrogens with zero attached hydrogens (tertiary/aromatic N) is 2. The van der Waals surface area contributed by atoms with E-state index in [0.29, 0.717) is 11.1 Å². The Hall–Kier alpha value is -3.48. The van der Waals surface area contributed by atoms with Crippen LogP contribution in [-0.2, 0) is 9.53 Å². The summed E-state index contributed by atoms with van der Waals surface area (Å²) in [7, 11) is 0. The summed E-state index contributed by atoms with van der Waals surface area (Å²) in [4.78, 5) is 26.8. The zero-order valence-electron chi connectivity index (χ0n) is 15.1. The van der Waals surface area contributed by atoms with Crippen molar-refractivity contribution in [1.29, 1.82) is 0 Å². The van der Waals surface area contributed by atoms with Crippen LogP contribution in [0.5, 0.6) is 5.75 Å². The molecular weight excluding hydrogens is 348 g/mol. The molecule has 0 aromatic heterocycles. The fourth-order valence-corrected chi connectivity index (χ4v) is 2.60. The third-order valence-corrected chi connectivity index (χ3v) is 3.82. The molecule has 0 radical (unpaired) electrons. The number of aliphatic imine (C=N–C) groups is 1. The molecule has 1 aliphatic rings. The van der Waals surface area contributed by atoms with Gasteiger partial charge in [0, 0.05) is 17.2 Å². The van der Waals surface area contributed by atoms with Gasteiger partial charge in [-0.2, -0.15) is 0 Å². The Balaban J connectivity index is 1.84. The molecule has 0 saturated heterocycles. The maximum Gasteiger partial charge on any atom is 0.363 e. The minimum absolute atomic E-state index is 0.00291. The van der Waals surface area contributed by atoms with Crippen LogP contribution in [-0.4, -0.2) is 22.9 Å². The van der Waals surface area contributed by atoms with Crippen LogP contribution in [0.4, 0.5) is 5.69 Å². The Morgan fingerprint density at radius 2 is 1.89 bits per heavy atom. The molecular formula is C20H18N2O5. The van der Waals surface area contributed by atoms with Gasteiger partial charge in [0.25, 0.3) is 5.69 Å². The van der Waals surface area contributed by atoms with Crippen molar-refractivity contribution in [3.05, 3.63) is 75.0 Å². The number of benzene rings is 2. The van der Waals surface area contributed by atoms with Crippen LogP contribution in [0.1, 0.15) is 30.5 Å². The van der Waals surface area contributed by atoms with Gasteiger partial charge in [-0.15, -0.1) is 0 Å². The summed E-state index contributed by atoms with van der Waals surface area (Å²) in [6.07, 6.45) is 1.70. The van der Waals surface area contributed by atoms with Gasteiger partial charge >= 0.3 is 5.97 Å². The number of carbonyl (C=O) groups excluding carboxylic acids is 1. The number of cyclic esters (lactones) is 1. The lowest BCUT2D eigenvalue weighted by molar-refractivity contribution is -0.385. The summed E-state index contributed by atoms with van der Waals surface area (Å²) in [5.41, 5.74) is 1.93. The van der Waals surface area contributed by atoms with Crippen LogP contribution < -0.4 is 4.74 Å². The molecule has 0 amide bonds. The predicted molar refractivity (Wildman–Crippen MR) is 101 cm³/mol. The summed E-state index contributed by atoms with van der Waals surface area (Å²) < 4.78 is 10.8. The molecule has 0 fully saturated rings. The van der Waals surface area contributed by atoms with Crippen LogP contribution in [0.25, 0.3) is 6.08 Å². The zero-order valence-corrected chi connectivity index (χ0v) is 15.1. The normalized spacial score (nSPS) is 15.0. The van der Waals surface area contributed by atoms with Gasteiger partial charge in [0.15, 0.2) is 5.70 Å². The standard InChI is InChI=1S/C20H18N2O5/c1-12(2)26-16-7-4-14(5-8-16)11-17-20(23)27-19(21-17)15-6-9-18(22(24)25)13(3)10-15/h4-12H,1-3H3/b17-11-. The molecule has 1 aliphatic heterocycles. The Bertz CT molecular complexity index is 959. The zero-order chi connectivity index (χ0) is 19.6. The van der Waals surface area contributed by atoms with Gasteiger partial charge in [-0.25, -0.2) is 9.79 Å². The number of rotatable bonds is 5. The Morgan fingerprint density at radius 1 is 1.19 bits per heavy atom. The smallest absolute Gasteiger partial charge is 0.363 e. The summed E-state index contributed by atoms with van der Waals surface area (Å²) >= 11 is 0. The minimum Gasteiger partial charge on any atom is -0.491 e. The molecule has 3 rings (SSSR count). The highest BCUT2D eigenvalue weighted by atomic mass is 16.6. The lowest BCUT2D eigenvalue weighted by Crippen LogP contribution is -2.06.